The van der Waals surface area contributed by atoms with E-state index in [2.05, 4.69) is 0 Å². The van der Waals surface area contributed by atoms with Gasteiger partial charge in [0.25, 0.3) is 0 Å². The van der Waals surface area contributed by atoms with Crippen LogP contribution in [0.25, 0.3) is 0 Å². The Morgan fingerprint density at radius 2 is 1.86 bits per heavy atom. The highest BCUT2D eigenvalue weighted by Gasteiger charge is 2.16. The molecule has 0 spiro atoms. The Morgan fingerprint density at radius 1 is 1.24 bits per heavy atom. The Balaban J connectivity index is 2.20. The molecule has 2 aromatic rings. The Bertz CT molecular complexity index is 621. The number of para-hydroxylation sites is 1. The second-order valence-electron chi connectivity index (χ2n) is 4.27. The lowest BCUT2D eigenvalue weighted by molar-refractivity contribution is 0.0695. The van der Waals surface area contributed by atoms with Crippen molar-refractivity contribution in [3.8, 4) is 17.2 Å². The van der Waals surface area contributed by atoms with Crippen molar-refractivity contribution in [1.82, 2.24) is 0 Å². The van der Waals surface area contributed by atoms with Gasteiger partial charge in [0.2, 0.25) is 5.75 Å². The summed E-state index contributed by atoms with van der Waals surface area (Å²) >= 11 is 0. The van der Waals surface area contributed by atoms with Gasteiger partial charge in [-0.1, -0.05) is 6.07 Å². The maximum atomic E-state index is 11.0. The highest BCUT2D eigenvalue weighted by molar-refractivity contribution is 5.88. The number of rotatable bonds is 6. The summed E-state index contributed by atoms with van der Waals surface area (Å²) in [5.74, 6) is 1.21. The third kappa shape index (κ3) is 3.10. The van der Waals surface area contributed by atoms with Gasteiger partial charge in [-0.05, 0) is 25.1 Å². The van der Waals surface area contributed by atoms with Crippen molar-refractivity contribution in [2.75, 3.05) is 14.2 Å². The third-order valence-corrected chi connectivity index (χ3v) is 2.94. The van der Waals surface area contributed by atoms with E-state index in [4.69, 9.17) is 23.7 Å². The minimum atomic E-state index is -1.03. The molecule has 0 radical (unpaired) electrons. The van der Waals surface area contributed by atoms with Crippen LogP contribution >= 0.6 is 0 Å². The minimum Gasteiger partial charge on any atom is -0.493 e. The van der Waals surface area contributed by atoms with Crippen molar-refractivity contribution in [3.05, 3.63) is 41.3 Å². The second-order valence-corrected chi connectivity index (χ2v) is 4.27. The first-order chi connectivity index (χ1) is 10.1. The molecule has 1 aromatic carbocycles. The normalized spacial score (nSPS) is 10.2. The first-order valence-electron chi connectivity index (χ1n) is 6.23. The number of ether oxygens (including phenoxy) is 3. The quantitative estimate of drug-likeness (QED) is 0.882. The topological polar surface area (TPSA) is 78.1 Å². The molecule has 0 aliphatic rings. The van der Waals surface area contributed by atoms with Crippen LogP contribution in [0.4, 0.5) is 0 Å². The summed E-state index contributed by atoms with van der Waals surface area (Å²) < 4.78 is 21.4. The first kappa shape index (κ1) is 14.8. The van der Waals surface area contributed by atoms with Crippen LogP contribution in [-0.2, 0) is 6.61 Å². The Hall–Kier alpha value is -2.63. The van der Waals surface area contributed by atoms with Crippen LogP contribution in [0.5, 0.6) is 17.2 Å². The molecule has 6 heteroatoms. The molecule has 112 valence electrons. The number of hydrogen-bond acceptors (Lipinski definition) is 5. The van der Waals surface area contributed by atoms with Gasteiger partial charge in [0.15, 0.2) is 11.5 Å². The average molecular weight is 292 g/mol. The summed E-state index contributed by atoms with van der Waals surface area (Å²) in [6.45, 7) is 1.67. The standard InChI is InChI=1S/C15H16O6/c1-9-11(15(16)17)7-10(21-9)8-20-14-12(18-2)5-4-6-13(14)19-3/h4-7H,8H2,1-3H3,(H,16,17). The van der Waals surface area contributed by atoms with Crippen LogP contribution < -0.4 is 14.2 Å². The lowest BCUT2D eigenvalue weighted by Crippen LogP contribution is -1.99. The summed E-state index contributed by atoms with van der Waals surface area (Å²) in [5.41, 5.74) is 0.126. The lowest BCUT2D eigenvalue weighted by atomic mass is 10.2. The van der Waals surface area contributed by atoms with Gasteiger partial charge < -0.3 is 23.7 Å². The van der Waals surface area contributed by atoms with Gasteiger partial charge in [0.1, 0.15) is 23.7 Å². The molecular formula is C15H16O6. The molecule has 0 unspecified atom stereocenters. The van der Waals surface area contributed by atoms with Crippen LogP contribution in [0.3, 0.4) is 0 Å². The van der Waals surface area contributed by atoms with Crippen LogP contribution in [0, 0.1) is 6.92 Å². The number of methoxy groups -OCH3 is 2. The van der Waals surface area contributed by atoms with Gasteiger partial charge in [-0.15, -0.1) is 0 Å². The zero-order valence-electron chi connectivity index (χ0n) is 12.0. The molecule has 0 bridgehead atoms. The lowest BCUT2D eigenvalue weighted by Gasteiger charge is -2.13. The van der Waals surface area contributed by atoms with E-state index >= 15 is 0 Å². The number of carboxylic acid groups (broad SMARTS) is 1. The minimum absolute atomic E-state index is 0.0743. The highest BCUT2D eigenvalue weighted by Crippen LogP contribution is 2.37. The fraction of sp³-hybridized carbons (Fsp3) is 0.267. The predicted octanol–water partition coefficient (Wildman–Crippen LogP) is 2.88. The molecule has 0 aliphatic carbocycles. The average Bonchev–Trinajstić information content (AvgIpc) is 2.85. The maximum absolute atomic E-state index is 11.0. The van der Waals surface area contributed by atoms with Gasteiger partial charge >= 0.3 is 5.97 Å². The fourth-order valence-electron chi connectivity index (χ4n) is 1.93. The van der Waals surface area contributed by atoms with E-state index in [9.17, 15) is 4.79 Å². The summed E-state index contributed by atoms with van der Waals surface area (Å²) in [6.07, 6.45) is 0. The molecule has 1 heterocycles. The van der Waals surface area contributed by atoms with Gasteiger partial charge in [0.05, 0.1) is 14.2 Å². The van der Waals surface area contributed by atoms with Gasteiger partial charge in [-0.2, -0.15) is 0 Å². The largest absolute Gasteiger partial charge is 0.493 e. The molecule has 0 amide bonds. The predicted molar refractivity (Wildman–Crippen MR) is 74.3 cm³/mol. The van der Waals surface area contributed by atoms with Crippen LogP contribution in [-0.4, -0.2) is 25.3 Å². The Labute approximate surface area is 121 Å². The van der Waals surface area contributed by atoms with E-state index in [1.807, 2.05) is 0 Å². The summed E-state index contributed by atoms with van der Waals surface area (Å²) in [4.78, 5) is 11.0. The molecular weight excluding hydrogens is 276 g/mol. The van der Waals surface area contributed by atoms with Crippen LogP contribution in [0.2, 0.25) is 0 Å². The summed E-state index contributed by atoms with van der Waals surface area (Å²) in [7, 11) is 3.06. The molecule has 0 fully saturated rings. The third-order valence-electron chi connectivity index (χ3n) is 2.94. The smallest absolute Gasteiger partial charge is 0.339 e. The number of hydrogen-bond donors (Lipinski definition) is 1. The number of carboxylic acids is 1. The number of furan rings is 1. The Morgan fingerprint density at radius 3 is 2.33 bits per heavy atom. The summed E-state index contributed by atoms with van der Waals surface area (Å²) in [5, 5.41) is 8.99. The monoisotopic (exact) mass is 292 g/mol. The zero-order chi connectivity index (χ0) is 15.4. The first-order valence-corrected chi connectivity index (χ1v) is 6.23. The van der Waals surface area contributed by atoms with Crippen molar-refractivity contribution >= 4 is 5.97 Å². The molecule has 0 aliphatic heterocycles. The van der Waals surface area contributed by atoms with E-state index < -0.39 is 5.97 Å². The molecule has 0 saturated carbocycles. The van der Waals surface area contributed by atoms with Crippen molar-refractivity contribution < 1.29 is 28.5 Å². The molecule has 0 atom stereocenters. The van der Waals surface area contributed by atoms with E-state index in [1.165, 1.54) is 20.3 Å². The molecule has 1 N–H and O–H groups in total. The highest BCUT2D eigenvalue weighted by atomic mass is 16.5. The molecule has 2 rings (SSSR count). The molecule has 0 saturated heterocycles. The SMILES string of the molecule is COc1cccc(OC)c1OCc1cc(C(=O)O)c(C)o1. The number of benzene rings is 1. The van der Waals surface area contributed by atoms with E-state index in [1.54, 1.807) is 25.1 Å². The maximum Gasteiger partial charge on any atom is 0.339 e. The molecule has 21 heavy (non-hydrogen) atoms. The van der Waals surface area contributed by atoms with Crippen molar-refractivity contribution in [1.29, 1.82) is 0 Å². The van der Waals surface area contributed by atoms with Crippen LogP contribution in [0.1, 0.15) is 21.9 Å². The Kier molecular flexibility index (Phi) is 4.37. The van der Waals surface area contributed by atoms with Crippen molar-refractivity contribution in [2.45, 2.75) is 13.5 Å². The van der Waals surface area contributed by atoms with Crippen molar-refractivity contribution in [3.63, 3.8) is 0 Å². The van der Waals surface area contributed by atoms with Crippen LogP contribution in [0.15, 0.2) is 28.7 Å². The number of carbonyl (C=O) groups is 1. The van der Waals surface area contributed by atoms with E-state index in [-0.39, 0.29) is 12.2 Å². The molecule has 6 nitrogen and oxygen atoms in total. The van der Waals surface area contributed by atoms with E-state index in [0.717, 1.165) is 0 Å². The van der Waals surface area contributed by atoms with Gasteiger partial charge in [0, 0.05) is 0 Å². The molecule has 1 aromatic heterocycles. The summed E-state index contributed by atoms with van der Waals surface area (Å²) in [6, 6.07) is 6.71. The number of aromatic carboxylic acids is 1. The number of aryl methyl sites for hydroxylation is 1. The zero-order valence-corrected chi connectivity index (χ0v) is 12.0. The van der Waals surface area contributed by atoms with Gasteiger partial charge in [-0.3, -0.25) is 0 Å². The van der Waals surface area contributed by atoms with Crippen molar-refractivity contribution in [2.24, 2.45) is 0 Å². The second kappa shape index (κ2) is 6.21. The van der Waals surface area contributed by atoms with Gasteiger partial charge in [-0.25, -0.2) is 4.79 Å². The van der Waals surface area contributed by atoms with E-state index in [0.29, 0.717) is 28.8 Å². The fourth-order valence-corrected chi connectivity index (χ4v) is 1.93.